The van der Waals surface area contributed by atoms with Crippen molar-refractivity contribution in [3.63, 3.8) is 0 Å². The van der Waals surface area contributed by atoms with Crippen LogP contribution in [0.25, 0.3) is 0 Å². The molecule has 3 heteroatoms. The standard InChI is InChI=1S/C17H27F2N/c1-4-7-14(8-5-2)17(20-6-3)11-13-9-15(18)12-16(19)10-13/h9-10,12,14,17,20H,4-8,11H2,1-3H3. The van der Waals surface area contributed by atoms with Crippen LogP contribution in [0.15, 0.2) is 18.2 Å². The SMILES string of the molecule is CCCC(CCC)C(Cc1cc(F)cc(F)c1)NCC. The van der Waals surface area contributed by atoms with Crippen LogP contribution < -0.4 is 5.32 Å². The van der Waals surface area contributed by atoms with Gasteiger partial charge in [-0.05, 0) is 49.4 Å². The second kappa shape index (κ2) is 9.06. The minimum Gasteiger partial charge on any atom is -0.314 e. The van der Waals surface area contributed by atoms with Crippen LogP contribution in [-0.2, 0) is 6.42 Å². The number of hydrogen-bond donors (Lipinski definition) is 1. The minimum absolute atomic E-state index is 0.293. The summed E-state index contributed by atoms with van der Waals surface area (Å²) >= 11 is 0. The fourth-order valence-corrected chi connectivity index (χ4v) is 2.94. The number of rotatable bonds is 9. The summed E-state index contributed by atoms with van der Waals surface area (Å²) in [6.45, 7) is 7.33. The second-order valence-corrected chi connectivity index (χ2v) is 5.48. The van der Waals surface area contributed by atoms with E-state index < -0.39 is 11.6 Å². The molecule has 0 saturated heterocycles. The van der Waals surface area contributed by atoms with Crippen LogP contribution in [-0.4, -0.2) is 12.6 Å². The van der Waals surface area contributed by atoms with Crippen LogP contribution in [0.1, 0.15) is 52.0 Å². The van der Waals surface area contributed by atoms with Crippen molar-refractivity contribution in [2.24, 2.45) is 5.92 Å². The maximum absolute atomic E-state index is 13.3. The Balaban J connectivity index is 2.83. The first-order valence-electron chi connectivity index (χ1n) is 7.79. The maximum Gasteiger partial charge on any atom is 0.126 e. The van der Waals surface area contributed by atoms with Gasteiger partial charge < -0.3 is 5.32 Å². The molecule has 0 saturated carbocycles. The topological polar surface area (TPSA) is 12.0 Å². The van der Waals surface area contributed by atoms with E-state index in [0.29, 0.717) is 18.4 Å². The monoisotopic (exact) mass is 283 g/mol. The summed E-state index contributed by atoms with van der Waals surface area (Å²) in [5.41, 5.74) is 0.741. The Morgan fingerprint density at radius 2 is 1.50 bits per heavy atom. The van der Waals surface area contributed by atoms with Crippen molar-refractivity contribution in [1.29, 1.82) is 0 Å². The molecule has 0 fully saturated rings. The van der Waals surface area contributed by atoms with E-state index in [1.165, 1.54) is 12.1 Å². The zero-order chi connectivity index (χ0) is 15.0. The van der Waals surface area contributed by atoms with Crippen LogP contribution in [0.3, 0.4) is 0 Å². The smallest absolute Gasteiger partial charge is 0.126 e. The Labute approximate surface area is 121 Å². The Morgan fingerprint density at radius 1 is 0.950 bits per heavy atom. The van der Waals surface area contributed by atoms with Crippen molar-refractivity contribution in [1.82, 2.24) is 5.32 Å². The predicted octanol–water partition coefficient (Wildman–Crippen LogP) is 4.70. The third-order valence-electron chi connectivity index (χ3n) is 3.73. The lowest BCUT2D eigenvalue weighted by molar-refractivity contribution is 0.312. The van der Waals surface area contributed by atoms with Gasteiger partial charge in [0.15, 0.2) is 0 Å². The lowest BCUT2D eigenvalue weighted by Gasteiger charge is -2.28. The molecule has 1 N–H and O–H groups in total. The number of halogens is 2. The summed E-state index contributed by atoms with van der Waals surface area (Å²) in [5, 5.41) is 3.49. The van der Waals surface area contributed by atoms with Gasteiger partial charge in [-0.1, -0.05) is 33.6 Å². The van der Waals surface area contributed by atoms with E-state index in [9.17, 15) is 8.78 Å². The van der Waals surface area contributed by atoms with Gasteiger partial charge in [0, 0.05) is 12.1 Å². The van der Waals surface area contributed by atoms with Crippen LogP contribution >= 0.6 is 0 Å². The molecule has 0 aliphatic carbocycles. The van der Waals surface area contributed by atoms with E-state index in [1.807, 2.05) is 0 Å². The highest BCUT2D eigenvalue weighted by atomic mass is 19.1. The number of benzene rings is 1. The van der Waals surface area contributed by atoms with E-state index in [4.69, 9.17) is 0 Å². The summed E-state index contributed by atoms with van der Waals surface area (Å²) in [7, 11) is 0. The first-order chi connectivity index (χ1) is 9.60. The van der Waals surface area contributed by atoms with Crippen LogP contribution in [0.2, 0.25) is 0 Å². The summed E-state index contributed by atoms with van der Waals surface area (Å²) in [4.78, 5) is 0. The number of likely N-dealkylation sites (N-methyl/N-ethyl adjacent to an activating group) is 1. The minimum atomic E-state index is -0.488. The molecule has 0 aliphatic rings. The normalized spacial score (nSPS) is 12.9. The molecule has 1 aromatic rings. The molecule has 1 nitrogen and oxygen atoms in total. The van der Waals surface area contributed by atoms with Crippen LogP contribution in [0.4, 0.5) is 8.78 Å². The molecular formula is C17H27F2N. The van der Waals surface area contributed by atoms with Gasteiger partial charge in [0.25, 0.3) is 0 Å². The Morgan fingerprint density at radius 3 is 1.95 bits per heavy atom. The van der Waals surface area contributed by atoms with Crippen molar-refractivity contribution in [3.05, 3.63) is 35.4 Å². The third-order valence-corrected chi connectivity index (χ3v) is 3.73. The molecule has 0 aromatic heterocycles. The van der Waals surface area contributed by atoms with Crippen molar-refractivity contribution < 1.29 is 8.78 Å². The summed E-state index contributed by atoms with van der Waals surface area (Å²) < 4.78 is 26.6. The molecule has 20 heavy (non-hydrogen) atoms. The predicted molar refractivity (Wildman–Crippen MR) is 80.8 cm³/mol. The molecule has 1 rings (SSSR count). The average molecular weight is 283 g/mol. The third kappa shape index (κ3) is 5.58. The molecule has 1 aromatic carbocycles. The Hall–Kier alpha value is -0.960. The van der Waals surface area contributed by atoms with Crippen molar-refractivity contribution in [2.75, 3.05) is 6.54 Å². The summed E-state index contributed by atoms with van der Waals surface area (Å²) in [6.07, 6.45) is 5.29. The van der Waals surface area contributed by atoms with Gasteiger partial charge in [-0.15, -0.1) is 0 Å². The molecule has 0 spiro atoms. The van der Waals surface area contributed by atoms with Gasteiger partial charge in [-0.2, -0.15) is 0 Å². The lowest BCUT2D eigenvalue weighted by atomic mass is 9.86. The van der Waals surface area contributed by atoms with Gasteiger partial charge in [0.05, 0.1) is 0 Å². The first-order valence-corrected chi connectivity index (χ1v) is 7.79. The zero-order valence-corrected chi connectivity index (χ0v) is 12.9. The fourth-order valence-electron chi connectivity index (χ4n) is 2.94. The number of nitrogens with one attached hydrogen (secondary N) is 1. The van der Waals surface area contributed by atoms with Gasteiger partial charge >= 0.3 is 0 Å². The highest BCUT2D eigenvalue weighted by Gasteiger charge is 2.20. The summed E-state index contributed by atoms with van der Waals surface area (Å²) in [5.74, 6) is -0.410. The van der Waals surface area contributed by atoms with Gasteiger partial charge in [-0.3, -0.25) is 0 Å². The Kier molecular flexibility index (Phi) is 7.75. The summed E-state index contributed by atoms with van der Waals surface area (Å²) in [6, 6.07) is 4.12. The van der Waals surface area contributed by atoms with E-state index in [1.54, 1.807) is 0 Å². The van der Waals surface area contributed by atoms with Crippen molar-refractivity contribution >= 4 is 0 Å². The van der Waals surface area contributed by atoms with Gasteiger partial charge in [0.2, 0.25) is 0 Å². The molecule has 114 valence electrons. The average Bonchev–Trinajstić information content (AvgIpc) is 2.37. The van der Waals surface area contributed by atoms with Gasteiger partial charge in [-0.25, -0.2) is 8.78 Å². The fraction of sp³-hybridized carbons (Fsp3) is 0.647. The highest BCUT2D eigenvalue weighted by molar-refractivity contribution is 5.19. The molecule has 0 bridgehead atoms. The molecule has 0 amide bonds. The van der Waals surface area contributed by atoms with E-state index in [-0.39, 0.29) is 0 Å². The molecule has 1 unspecified atom stereocenters. The largest absolute Gasteiger partial charge is 0.314 e. The van der Waals surface area contributed by atoms with E-state index >= 15 is 0 Å². The molecular weight excluding hydrogens is 256 g/mol. The maximum atomic E-state index is 13.3. The zero-order valence-electron chi connectivity index (χ0n) is 12.9. The number of hydrogen-bond acceptors (Lipinski definition) is 1. The van der Waals surface area contributed by atoms with Gasteiger partial charge in [0.1, 0.15) is 11.6 Å². The second-order valence-electron chi connectivity index (χ2n) is 5.48. The first kappa shape index (κ1) is 17.1. The van der Waals surface area contributed by atoms with Crippen LogP contribution in [0.5, 0.6) is 0 Å². The highest BCUT2D eigenvalue weighted by Crippen LogP contribution is 2.22. The molecule has 1 atom stereocenters. The Bertz CT molecular complexity index is 366. The van der Waals surface area contributed by atoms with E-state index in [2.05, 4.69) is 26.1 Å². The lowest BCUT2D eigenvalue weighted by Crippen LogP contribution is -2.38. The molecule has 0 aliphatic heterocycles. The van der Waals surface area contributed by atoms with Crippen molar-refractivity contribution in [3.8, 4) is 0 Å². The van der Waals surface area contributed by atoms with Crippen molar-refractivity contribution in [2.45, 2.75) is 58.9 Å². The molecule has 0 heterocycles. The van der Waals surface area contributed by atoms with E-state index in [0.717, 1.165) is 43.9 Å². The van der Waals surface area contributed by atoms with Crippen LogP contribution in [0, 0.1) is 17.6 Å². The molecule has 0 radical (unpaired) electrons. The quantitative estimate of drug-likeness (QED) is 0.692.